The average Bonchev–Trinajstić information content (AvgIpc) is 2.36. The Hall–Kier alpha value is -1.80. The van der Waals surface area contributed by atoms with E-state index < -0.39 is 11.7 Å². The summed E-state index contributed by atoms with van der Waals surface area (Å²) in [6.07, 6.45) is -1.20. The van der Waals surface area contributed by atoms with Gasteiger partial charge in [-0.15, -0.1) is 0 Å². The van der Waals surface area contributed by atoms with Gasteiger partial charge in [0, 0.05) is 28.0 Å². The fourth-order valence-corrected chi connectivity index (χ4v) is 1.76. The van der Waals surface area contributed by atoms with Gasteiger partial charge in [0.25, 0.3) is 0 Å². The van der Waals surface area contributed by atoms with E-state index in [4.69, 9.17) is 0 Å². The van der Waals surface area contributed by atoms with Crippen molar-refractivity contribution >= 4 is 15.9 Å². The summed E-state index contributed by atoms with van der Waals surface area (Å²) in [6, 6.07) is 6.66. The lowest BCUT2D eigenvalue weighted by Gasteiger charge is -2.05. The zero-order chi connectivity index (χ0) is 13.9. The van der Waals surface area contributed by atoms with Gasteiger partial charge in [-0.25, -0.2) is 0 Å². The molecule has 1 heterocycles. The number of nitrogens with zero attached hydrogens (tertiary/aromatic N) is 1. The lowest BCUT2D eigenvalue weighted by atomic mass is 10.1. The number of hydrogen-bond donors (Lipinski definition) is 0. The van der Waals surface area contributed by atoms with Crippen molar-refractivity contribution in [3.63, 3.8) is 0 Å². The van der Waals surface area contributed by atoms with Gasteiger partial charge in [0.05, 0.1) is 5.56 Å². The van der Waals surface area contributed by atoms with Crippen LogP contribution in [0, 0.1) is 11.8 Å². The summed E-state index contributed by atoms with van der Waals surface area (Å²) in [6.45, 7) is 0. The van der Waals surface area contributed by atoms with Crippen LogP contribution in [0.5, 0.6) is 0 Å². The Balaban J connectivity index is 2.30. The normalized spacial score (nSPS) is 10.7. The third-order valence-electron chi connectivity index (χ3n) is 2.25. The van der Waals surface area contributed by atoms with E-state index in [2.05, 4.69) is 32.8 Å². The minimum atomic E-state index is -4.35. The zero-order valence-corrected chi connectivity index (χ0v) is 11.1. The smallest absolute Gasteiger partial charge is 0.262 e. The van der Waals surface area contributed by atoms with E-state index in [0.717, 1.165) is 16.6 Å². The molecule has 0 atom stereocenters. The first-order chi connectivity index (χ1) is 8.95. The summed E-state index contributed by atoms with van der Waals surface area (Å²) in [5.41, 5.74) is 0.244. The molecule has 0 bridgehead atoms. The number of halogens is 4. The Bertz CT molecular complexity index is 653. The van der Waals surface area contributed by atoms with Crippen LogP contribution in [0.4, 0.5) is 13.2 Å². The van der Waals surface area contributed by atoms with Crippen molar-refractivity contribution in [3.05, 3.63) is 63.9 Å². The van der Waals surface area contributed by atoms with E-state index in [1.165, 1.54) is 12.1 Å². The highest BCUT2D eigenvalue weighted by atomic mass is 79.9. The largest absolute Gasteiger partial charge is 0.416 e. The highest BCUT2D eigenvalue weighted by Gasteiger charge is 2.30. The van der Waals surface area contributed by atoms with Crippen molar-refractivity contribution in [1.82, 2.24) is 4.98 Å². The number of pyridine rings is 1. The first-order valence-corrected chi connectivity index (χ1v) is 6.04. The molecular weight excluding hydrogens is 319 g/mol. The quantitative estimate of drug-likeness (QED) is 0.659. The predicted octanol–water partition coefficient (Wildman–Crippen LogP) is 4.26. The number of alkyl halides is 3. The van der Waals surface area contributed by atoms with Crippen molar-refractivity contribution in [2.24, 2.45) is 0 Å². The van der Waals surface area contributed by atoms with Crippen LogP contribution < -0.4 is 0 Å². The maximum absolute atomic E-state index is 12.5. The van der Waals surface area contributed by atoms with Crippen LogP contribution in [0.2, 0.25) is 0 Å². The van der Waals surface area contributed by atoms with Crippen LogP contribution in [-0.2, 0) is 6.18 Å². The lowest BCUT2D eigenvalue weighted by Crippen LogP contribution is -2.04. The molecule has 0 spiro atoms. The molecule has 0 radical (unpaired) electrons. The summed E-state index contributed by atoms with van der Waals surface area (Å²) >= 11 is 3.25. The van der Waals surface area contributed by atoms with E-state index in [1.807, 2.05) is 0 Å². The summed E-state index contributed by atoms with van der Waals surface area (Å²) in [7, 11) is 0. The van der Waals surface area contributed by atoms with E-state index >= 15 is 0 Å². The third-order valence-corrected chi connectivity index (χ3v) is 2.68. The van der Waals surface area contributed by atoms with Crippen LogP contribution in [-0.4, -0.2) is 4.98 Å². The zero-order valence-electron chi connectivity index (χ0n) is 9.50. The fourth-order valence-electron chi connectivity index (χ4n) is 1.40. The van der Waals surface area contributed by atoms with Crippen molar-refractivity contribution in [1.29, 1.82) is 0 Å². The number of aromatic nitrogens is 1. The molecule has 0 amide bonds. The second-order valence-corrected chi connectivity index (χ2v) is 4.64. The predicted molar refractivity (Wildman–Crippen MR) is 69.4 cm³/mol. The molecule has 96 valence electrons. The van der Waals surface area contributed by atoms with Crippen molar-refractivity contribution in [2.45, 2.75) is 6.18 Å². The summed E-state index contributed by atoms with van der Waals surface area (Å²) in [4.78, 5) is 3.92. The lowest BCUT2D eigenvalue weighted by molar-refractivity contribution is -0.137. The van der Waals surface area contributed by atoms with Gasteiger partial charge in [-0.1, -0.05) is 17.9 Å². The summed E-state index contributed by atoms with van der Waals surface area (Å²) < 4.78 is 38.3. The van der Waals surface area contributed by atoms with Gasteiger partial charge in [0.15, 0.2) is 0 Å². The van der Waals surface area contributed by atoms with Crippen LogP contribution in [0.25, 0.3) is 0 Å². The maximum atomic E-state index is 12.5. The van der Waals surface area contributed by atoms with Gasteiger partial charge in [0.1, 0.15) is 0 Å². The van der Waals surface area contributed by atoms with E-state index in [1.54, 1.807) is 18.5 Å². The number of rotatable bonds is 0. The van der Waals surface area contributed by atoms with Crippen molar-refractivity contribution in [2.75, 3.05) is 0 Å². The Labute approximate surface area is 116 Å². The molecule has 5 heteroatoms. The first kappa shape index (κ1) is 13.6. The van der Waals surface area contributed by atoms with Gasteiger partial charge in [-0.3, -0.25) is 4.98 Å². The highest BCUT2D eigenvalue weighted by Crippen LogP contribution is 2.29. The molecule has 19 heavy (non-hydrogen) atoms. The Kier molecular flexibility index (Phi) is 3.91. The molecule has 0 aliphatic rings. The second kappa shape index (κ2) is 5.45. The maximum Gasteiger partial charge on any atom is 0.416 e. The van der Waals surface area contributed by atoms with Gasteiger partial charge >= 0.3 is 6.18 Å². The molecule has 1 aromatic heterocycles. The fraction of sp³-hybridized carbons (Fsp3) is 0.0714. The molecule has 0 aliphatic carbocycles. The topological polar surface area (TPSA) is 12.9 Å². The Morgan fingerprint density at radius 1 is 1.00 bits per heavy atom. The SMILES string of the molecule is FC(F)(F)c1cccc(C#Cc2cncc(Br)c2)c1. The number of benzene rings is 1. The minimum Gasteiger partial charge on any atom is -0.262 e. The standard InChI is InChI=1S/C14H7BrF3N/c15-13-7-11(8-19-9-13)5-4-10-2-1-3-12(6-10)14(16,17)18/h1-3,6-9H. The molecule has 0 saturated heterocycles. The van der Waals surface area contributed by atoms with Crippen LogP contribution >= 0.6 is 15.9 Å². The monoisotopic (exact) mass is 325 g/mol. The molecule has 1 aromatic carbocycles. The van der Waals surface area contributed by atoms with Crippen molar-refractivity contribution in [3.8, 4) is 11.8 Å². The van der Waals surface area contributed by atoms with E-state index in [-0.39, 0.29) is 0 Å². The summed E-state index contributed by atoms with van der Waals surface area (Å²) in [5, 5.41) is 0. The molecule has 0 saturated carbocycles. The van der Waals surface area contributed by atoms with E-state index in [0.29, 0.717) is 11.1 Å². The second-order valence-electron chi connectivity index (χ2n) is 3.72. The molecule has 2 aromatic rings. The molecule has 1 nitrogen and oxygen atoms in total. The summed E-state index contributed by atoms with van der Waals surface area (Å²) in [5.74, 6) is 5.46. The molecule has 0 unspecified atom stereocenters. The average molecular weight is 326 g/mol. The van der Waals surface area contributed by atoms with Crippen LogP contribution in [0.3, 0.4) is 0 Å². The van der Waals surface area contributed by atoms with Crippen LogP contribution in [0.15, 0.2) is 47.2 Å². The Morgan fingerprint density at radius 2 is 1.74 bits per heavy atom. The van der Waals surface area contributed by atoms with Gasteiger partial charge < -0.3 is 0 Å². The van der Waals surface area contributed by atoms with Gasteiger partial charge in [-0.05, 0) is 40.2 Å². The van der Waals surface area contributed by atoms with Gasteiger partial charge in [-0.2, -0.15) is 13.2 Å². The Morgan fingerprint density at radius 3 is 2.42 bits per heavy atom. The minimum absolute atomic E-state index is 0.315. The third kappa shape index (κ3) is 3.83. The highest BCUT2D eigenvalue weighted by molar-refractivity contribution is 9.10. The van der Waals surface area contributed by atoms with Crippen molar-refractivity contribution < 1.29 is 13.2 Å². The van der Waals surface area contributed by atoms with E-state index in [9.17, 15) is 13.2 Å². The number of hydrogen-bond acceptors (Lipinski definition) is 1. The molecule has 2 rings (SSSR count). The molecule has 0 fully saturated rings. The van der Waals surface area contributed by atoms with Gasteiger partial charge in [0.2, 0.25) is 0 Å². The van der Waals surface area contributed by atoms with Crippen LogP contribution in [0.1, 0.15) is 16.7 Å². The molecule has 0 aliphatic heterocycles. The first-order valence-electron chi connectivity index (χ1n) is 5.25. The molecular formula is C14H7BrF3N. The molecule has 0 N–H and O–H groups in total.